The van der Waals surface area contributed by atoms with Crippen LogP contribution >= 0.6 is 0 Å². The Labute approximate surface area is 121 Å². The molecule has 0 aliphatic carbocycles. The molecule has 0 aromatic heterocycles. The number of hydrogen-bond acceptors (Lipinski definition) is 2. The Balaban J connectivity index is 2.20. The highest BCUT2D eigenvalue weighted by Crippen LogP contribution is 2.19. The molecule has 2 aromatic rings. The summed E-state index contributed by atoms with van der Waals surface area (Å²) in [6, 6.07) is 10.1. The van der Waals surface area contributed by atoms with Gasteiger partial charge in [-0.1, -0.05) is 6.07 Å². The SMILES string of the molecule is CCN(Cc1ccc(C(=O)O)c(F)c1)c1ccc(F)cc1. The quantitative estimate of drug-likeness (QED) is 0.913. The van der Waals surface area contributed by atoms with Gasteiger partial charge in [0.2, 0.25) is 0 Å². The van der Waals surface area contributed by atoms with Crippen LogP contribution in [0.3, 0.4) is 0 Å². The molecule has 21 heavy (non-hydrogen) atoms. The van der Waals surface area contributed by atoms with E-state index in [1.807, 2.05) is 11.8 Å². The molecule has 0 saturated heterocycles. The number of carboxylic acids is 1. The molecule has 0 radical (unpaired) electrons. The van der Waals surface area contributed by atoms with Gasteiger partial charge in [0.05, 0.1) is 5.56 Å². The van der Waals surface area contributed by atoms with E-state index < -0.39 is 11.8 Å². The second-order valence-corrected chi connectivity index (χ2v) is 4.61. The largest absolute Gasteiger partial charge is 0.478 e. The normalized spacial score (nSPS) is 10.4. The highest BCUT2D eigenvalue weighted by atomic mass is 19.1. The molecule has 110 valence electrons. The summed E-state index contributed by atoms with van der Waals surface area (Å²) in [7, 11) is 0. The van der Waals surface area contributed by atoms with Gasteiger partial charge in [0.25, 0.3) is 0 Å². The summed E-state index contributed by atoms with van der Waals surface area (Å²) < 4.78 is 26.6. The Hall–Kier alpha value is -2.43. The van der Waals surface area contributed by atoms with Crippen molar-refractivity contribution in [2.45, 2.75) is 13.5 Å². The van der Waals surface area contributed by atoms with Gasteiger partial charge in [0.15, 0.2) is 0 Å². The molecule has 0 spiro atoms. The molecular formula is C16H15F2NO2. The van der Waals surface area contributed by atoms with Crippen LogP contribution in [0.4, 0.5) is 14.5 Å². The van der Waals surface area contributed by atoms with Crippen molar-refractivity contribution >= 4 is 11.7 Å². The van der Waals surface area contributed by atoms with E-state index in [4.69, 9.17) is 5.11 Å². The van der Waals surface area contributed by atoms with Crippen molar-refractivity contribution < 1.29 is 18.7 Å². The Morgan fingerprint density at radius 2 is 1.81 bits per heavy atom. The standard InChI is InChI=1S/C16H15F2NO2/c1-2-19(13-6-4-12(17)5-7-13)10-11-3-8-14(16(20)21)15(18)9-11/h3-9H,2,10H2,1H3,(H,20,21). The van der Waals surface area contributed by atoms with E-state index in [1.165, 1.54) is 24.3 Å². The van der Waals surface area contributed by atoms with Crippen LogP contribution in [0.25, 0.3) is 0 Å². The van der Waals surface area contributed by atoms with Gasteiger partial charge in [0, 0.05) is 18.8 Å². The van der Waals surface area contributed by atoms with Gasteiger partial charge in [-0.25, -0.2) is 13.6 Å². The number of nitrogens with zero attached hydrogens (tertiary/aromatic N) is 1. The first-order valence-corrected chi connectivity index (χ1v) is 6.53. The third-order valence-electron chi connectivity index (χ3n) is 3.21. The van der Waals surface area contributed by atoms with Gasteiger partial charge < -0.3 is 10.0 Å². The van der Waals surface area contributed by atoms with Crippen LogP contribution < -0.4 is 4.90 Å². The number of carbonyl (C=O) groups is 1. The number of halogens is 2. The molecule has 0 atom stereocenters. The van der Waals surface area contributed by atoms with Gasteiger partial charge in [-0.15, -0.1) is 0 Å². The molecule has 0 saturated carbocycles. The van der Waals surface area contributed by atoms with Crippen molar-refractivity contribution in [3.05, 3.63) is 65.2 Å². The molecule has 2 aromatic carbocycles. The number of hydrogen-bond donors (Lipinski definition) is 1. The van der Waals surface area contributed by atoms with Crippen molar-refractivity contribution in [3.63, 3.8) is 0 Å². The number of benzene rings is 2. The maximum Gasteiger partial charge on any atom is 0.338 e. The molecule has 1 N–H and O–H groups in total. The molecule has 3 nitrogen and oxygen atoms in total. The fourth-order valence-electron chi connectivity index (χ4n) is 2.09. The predicted molar refractivity (Wildman–Crippen MR) is 76.5 cm³/mol. The Kier molecular flexibility index (Phi) is 4.52. The lowest BCUT2D eigenvalue weighted by Gasteiger charge is -2.23. The first-order valence-electron chi connectivity index (χ1n) is 6.53. The van der Waals surface area contributed by atoms with E-state index in [-0.39, 0.29) is 11.4 Å². The van der Waals surface area contributed by atoms with Crippen LogP contribution in [0.1, 0.15) is 22.8 Å². The number of carboxylic acid groups (broad SMARTS) is 1. The molecule has 0 unspecified atom stereocenters. The lowest BCUT2D eigenvalue weighted by molar-refractivity contribution is 0.0692. The zero-order valence-electron chi connectivity index (χ0n) is 11.5. The number of aromatic carboxylic acids is 1. The predicted octanol–water partition coefficient (Wildman–Crippen LogP) is 3.69. The minimum atomic E-state index is -1.29. The first-order chi connectivity index (χ1) is 10.0. The summed E-state index contributed by atoms with van der Waals surface area (Å²) in [6.07, 6.45) is 0. The molecule has 0 amide bonds. The number of rotatable bonds is 5. The van der Waals surface area contributed by atoms with E-state index in [2.05, 4.69) is 0 Å². The molecule has 0 fully saturated rings. The maximum absolute atomic E-state index is 13.7. The van der Waals surface area contributed by atoms with Crippen molar-refractivity contribution in [2.24, 2.45) is 0 Å². The van der Waals surface area contributed by atoms with Crippen LogP contribution in [0.15, 0.2) is 42.5 Å². The highest BCUT2D eigenvalue weighted by Gasteiger charge is 2.12. The fraction of sp³-hybridized carbons (Fsp3) is 0.188. The Morgan fingerprint density at radius 3 is 2.33 bits per heavy atom. The van der Waals surface area contributed by atoms with Crippen LogP contribution in [0.5, 0.6) is 0 Å². The summed E-state index contributed by atoms with van der Waals surface area (Å²) in [6.45, 7) is 3.01. The fourth-order valence-corrected chi connectivity index (χ4v) is 2.09. The molecule has 0 aliphatic heterocycles. The Morgan fingerprint density at radius 1 is 1.14 bits per heavy atom. The molecule has 0 bridgehead atoms. The topological polar surface area (TPSA) is 40.5 Å². The molecule has 0 heterocycles. The average Bonchev–Trinajstić information content (AvgIpc) is 2.45. The van der Waals surface area contributed by atoms with Gasteiger partial charge >= 0.3 is 5.97 Å². The van der Waals surface area contributed by atoms with Gasteiger partial charge in [0.1, 0.15) is 11.6 Å². The van der Waals surface area contributed by atoms with Crippen molar-refractivity contribution in [3.8, 4) is 0 Å². The summed E-state index contributed by atoms with van der Waals surface area (Å²) in [4.78, 5) is 12.7. The first kappa shape index (κ1) is 15.0. The average molecular weight is 291 g/mol. The van der Waals surface area contributed by atoms with Gasteiger partial charge in [-0.2, -0.15) is 0 Å². The van der Waals surface area contributed by atoms with Crippen LogP contribution in [0.2, 0.25) is 0 Å². The van der Waals surface area contributed by atoms with Crippen molar-refractivity contribution in [1.82, 2.24) is 0 Å². The zero-order chi connectivity index (χ0) is 15.4. The lowest BCUT2D eigenvalue weighted by Crippen LogP contribution is -2.22. The lowest BCUT2D eigenvalue weighted by atomic mass is 10.1. The monoisotopic (exact) mass is 291 g/mol. The van der Waals surface area contributed by atoms with Crippen molar-refractivity contribution in [1.29, 1.82) is 0 Å². The highest BCUT2D eigenvalue weighted by molar-refractivity contribution is 5.87. The summed E-state index contributed by atoms with van der Waals surface area (Å²) in [5.41, 5.74) is 1.13. The van der Waals surface area contributed by atoms with E-state index in [9.17, 15) is 13.6 Å². The maximum atomic E-state index is 13.7. The van der Waals surface area contributed by atoms with E-state index in [1.54, 1.807) is 18.2 Å². The molecule has 0 aliphatic rings. The van der Waals surface area contributed by atoms with Crippen molar-refractivity contribution in [2.75, 3.05) is 11.4 Å². The summed E-state index contributed by atoms with van der Waals surface area (Å²) in [5.74, 6) is -2.35. The molecule has 2 rings (SSSR count). The third-order valence-corrected chi connectivity index (χ3v) is 3.21. The second kappa shape index (κ2) is 6.35. The summed E-state index contributed by atoms with van der Waals surface area (Å²) >= 11 is 0. The van der Waals surface area contributed by atoms with E-state index in [0.29, 0.717) is 18.7 Å². The van der Waals surface area contributed by atoms with E-state index in [0.717, 1.165) is 5.69 Å². The third kappa shape index (κ3) is 3.56. The smallest absolute Gasteiger partial charge is 0.338 e. The van der Waals surface area contributed by atoms with Gasteiger partial charge in [-0.3, -0.25) is 0 Å². The van der Waals surface area contributed by atoms with Crippen LogP contribution in [0, 0.1) is 11.6 Å². The van der Waals surface area contributed by atoms with Crippen LogP contribution in [-0.4, -0.2) is 17.6 Å². The van der Waals surface area contributed by atoms with Crippen LogP contribution in [-0.2, 0) is 6.54 Å². The summed E-state index contributed by atoms with van der Waals surface area (Å²) in [5, 5.41) is 8.80. The van der Waals surface area contributed by atoms with E-state index >= 15 is 0 Å². The molecule has 5 heteroatoms. The minimum absolute atomic E-state index is 0.313. The minimum Gasteiger partial charge on any atom is -0.478 e. The van der Waals surface area contributed by atoms with Gasteiger partial charge in [-0.05, 0) is 48.9 Å². The molecular weight excluding hydrogens is 276 g/mol. The number of anilines is 1. The zero-order valence-corrected chi connectivity index (χ0v) is 11.5. The second-order valence-electron chi connectivity index (χ2n) is 4.61. The Bertz CT molecular complexity index is 641.